The first kappa shape index (κ1) is 12.3. The van der Waals surface area contributed by atoms with Crippen LogP contribution in [0.1, 0.15) is 31.2 Å². The highest BCUT2D eigenvalue weighted by Gasteiger charge is 2.15. The molecule has 1 heterocycles. The van der Waals surface area contributed by atoms with Crippen LogP contribution in [0.4, 0.5) is 0 Å². The second-order valence-electron chi connectivity index (χ2n) is 4.31. The summed E-state index contributed by atoms with van der Waals surface area (Å²) in [5.41, 5.74) is 0.856. The number of pyridine rings is 1. The smallest absolute Gasteiger partial charge is 0.138 e. The van der Waals surface area contributed by atoms with Gasteiger partial charge in [0.25, 0.3) is 0 Å². The normalized spacial score (nSPS) is 15.4. The van der Waals surface area contributed by atoms with E-state index in [-0.39, 0.29) is 0 Å². The molecule has 0 aromatic carbocycles. The van der Waals surface area contributed by atoms with Gasteiger partial charge >= 0.3 is 0 Å². The molecule has 0 amide bonds. The van der Waals surface area contributed by atoms with Gasteiger partial charge in [0.2, 0.25) is 0 Å². The van der Waals surface area contributed by atoms with Crippen LogP contribution in [0.2, 0.25) is 0 Å². The molecule has 1 aromatic rings. The van der Waals surface area contributed by atoms with Crippen molar-refractivity contribution in [3.05, 3.63) is 24.0 Å². The summed E-state index contributed by atoms with van der Waals surface area (Å²) >= 11 is 5.51. The van der Waals surface area contributed by atoms with Gasteiger partial charge in [0.1, 0.15) is 5.75 Å². The van der Waals surface area contributed by atoms with Crippen LogP contribution in [0, 0.1) is 17.8 Å². The Morgan fingerprint density at radius 1 is 1.35 bits per heavy atom. The third kappa shape index (κ3) is 3.94. The number of hydrogen-bond donors (Lipinski definition) is 0. The molecule has 90 valence electrons. The second kappa shape index (κ2) is 6.51. The first-order valence-electron chi connectivity index (χ1n) is 6.01. The Kier molecular flexibility index (Phi) is 4.70. The van der Waals surface area contributed by atoms with Crippen LogP contribution in [0.3, 0.4) is 0 Å². The number of nitrogens with zero attached hydrogens (tertiary/aromatic N) is 1. The van der Waals surface area contributed by atoms with Gasteiger partial charge in [-0.15, -0.1) is 11.6 Å². The monoisotopic (exact) mass is 249 g/mol. The quantitative estimate of drug-likeness (QED) is 0.606. The molecule has 1 aliphatic carbocycles. The van der Waals surface area contributed by atoms with E-state index in [0.29, 0.717) is 11.8 Å². The number of ether oxygens (including phenoxy) is 1. The van der Waals surface area contributed by atoms with Crippen molar-refractivity contribution in [3.63, 3.8) is 0 Å². The standard InChI is InChI=1S/C14H16ClNO/c15-7-3-6-13-8-14(10-16-9-13)17-11-12-4-1-2-5-12/h8-10,12H,1-2,4-5,7,11H2. The van der Waals surface area contributed by atoms with Crippen LogP contribution in [0.5, 0.6) is 5.75 Å². The van der Waals surface area contributed by atoms with Gasteiger partial charge in [0, 0.05) is 11.8 Å². The molecule has 0 unspecified atom stereocenters. The molecule has 1 fully saturated rings. The fraction of sp³-hybridized carbons (Fsp3) is 0.500. The van der Waals surface area contributed by atoms with Crippen molar-refractivity contribution in [2.24, 2.45) is 5.92 Å². The van der Waals surface area contributed by atoms with Crippen LogP contribution < -0.4 is 4.74 Å². The van der Waals surface area contributed by atoms with E-state index < -0.39 is 0 Å². The highest BCUT2D eigenvalue weighted by Crippen LogP contribution is 2.25. The van der Waals surface area contributed by atoms with Crippen molar-refractivity contribution in [2.75, 3.05) is 12.5 Å². The van der Waals surface area contributed by atoms with Crippen LogP contribution >= 0.6 is 11.6 Å². The molecule has 0 atom stereocenters. The van der Waals surface area contributed by atoms with Crippen molar-refractivity contribution < 1.29 is 4.74 Å². The number of aromatic nitrogens is 1. The summed E-state index contributed by atoms with van der Waals surface area (Å²) in [6.45, 7) is 0.800. The van der Waals surface area contributed by atoms with Crippen molar-refractivity contribution in [1.82, 2.24) is 4.98 Å². The third-order valence-corrected chi connectivity index (χ3v) is 3.11. The second-order valence-corrected chi connectivity index (χ2v) is 4.57. The molecule has 0 aliphatic heterocycles. The lowest BCUT2D eigenvalue weighted by atomic mass is 10.1. The predicted molar refractivity (Wildman–Crippen MR) is 69.3 cm³/mol. The van der Waals surface area contributed by atoms with Gasteiger partial charge in [0.05, 0.1) is 18.7 Å². The first-order chi connectivity index (χ1) is 8.38. The average molecular weight is 250 g/mol. The molecule has 0 spiro atoms. The summed E-state index contributed by atoms with van der Waals surface area (Å²) in [5.74, 6) is 7.61. The van der Waals surface area contributed by atoms with E-state index in [2.05, 4.69) is 16.8 Å². The fourth-order valence-corrected chi connectivity index (χ4v) is 2.16. The van der Waals surface area contributed by atoms with Gasteiger partial charge in [-0.1, -0.05) is 24.7 Å². The Hall–Kier alpha value is -1.20. The molecule has 0 radical (unpaired) electrons. The lowest BCUT2D eigenvalue weighted by molar-refractivity contribution is 0.251. The van der Waals surface area contributed by atoms with E-state index >= 15 is 0 Å². The van der Waals surface area contributed by atoms with E-state index in [1.807, 2.05) is 6.07 Å². The maximum atomic E-state index is 5.75. The zero-order valence-corrected chi connectivity index (χ0v) is 10.5. The van der Waals surface area contributed by atoms with Gasteiger partial charge in [-0.25, -0.2) is 0 Å². The first-order valence-corrected chi connectivity index (χ1v) is 6.54. The minimum Gasteiger partial charge on any atom is -0.492 e. The minimum atomic E-state index is 0.340. The Balaban J connectivity index is 1.91. The van der Waals surface area contributed by atoms with E-state index in [1.54, 1.807) is 12.4 Å². The third-order valence-electron chi connectivity index (χ3n) is 2.97. The van der Waals surface area contributed by atoms with Gasteiger partial charge in [-0.2, -0.15) is 0 Å². The minimum absolute atomic E-state index is 0.340. The lowest BCUT2D eigenvalue weighted by Crippen LogP contribution is -2.08. The van der Waals surface area contributed by atoms with Gasteiger partial charge < -0.3 is 4.74 Å². The average Bonchev–Trinajstić information content (AvgIpc) is 2.87. The van der Waals surface area contributed by atoms with Gasteiger partial charge in [-0.05, 0) is 24.8 Å². The summed E-state index contributed by atoms with van der Waals surface area (Å²) in [6, 6.07) is 1.92. The molecule has 1 aromatic heterocycles. The maximum Gasteiger partial charge on any atom is 0.138 e. The van der Waals surface area contributed by atoms with E-state index in [0.717, 1.165) is 17.9 Å². The maximum absolute atomic E-state index is 5.75. The molecule has 0 N–H and O–H groups in total. The number of rotatable bonds is 3. The van der Waals surface area contributed by atoms with E-state index in [1.165, 1.54) is 25.7 Å². The molecule has 1 saturated carbocycles. The summed E-state index contributed by atoms with van der Waals surface area (Å²) in [7, 11) is 0. The van der Waals surface area contributed by atoms with Gasteiger partial charge in [-0.3, -0.25) is 4.98 Å². The molecule has 0 saturated heterocycles. The summed E-state index contributed by atoms with van der Waals surface area (Å²) in [5, 5.41) is 0. The summed E-state index contributed by atoms with van der Waals surface area (Å²) in [4.78, 5) is 4.11. The van der Waals surface area contributed by atoms with Crippen LogP contribution in [0.15, 0.2) is 18.5 Å². The Labute approximate surface area is 107 Å². The largest absolute Gasteiger partial charge is 0.492 e. The molecule has 0 bridgehead atoms. The van der Waals surface area contributed by atoms with Crippen LogP contribution in [0.25, 0.3) is 0 Å². The lowest BCUT2D eigenvalue weighted by Gasteiger charge is -2.10. The van der Waals surface area contributed by atoms with E-state index in [4.69, 9.17) is 16.3 Å². The van der Waals surface area contributed by atoms with Crippen molar-refractivity contribution in [2.45, 2.75) is 25.7 Å². The van der Waals surface area contributed by atoms with Crippen LogP contribution in [-0.2, 0) is 0 Å². The number of halogens is 1. The number of alkyl halides is 1. The Morgan fingerprint density at radius 3 is 2.94 bits per heavy atom. The highest BCUT2D eigenvalue weighted by molar-refractivity contribution is 6.19. The SMILES string of the molecule is ClCC#Cc1cncc(OCC2CCCC2)c1. The van der Waals surface area contributed by atoms with E-state index in [9.17, 15) is 0 Å². The van der Waals surface area contributed by atoms with Crippen molar-refractivity contribution in [1.29, 1.82) is 0 Å². The molecule has 2 rings (SSSR count). The molecule has 3 heteroatoms. The predicted octanol–water partition coefficient (Wildman–Crippen LogP) is 3.24. The van der Waals surface area contributed by atoms with Crippen LogP contribution in [-0.4, -0.2) is 17.5 Å². The van der Waals surface area contributed by atoms with Crippen molar-refractivity contribution in [3.8, 4) is 17.6 Å². The number of hydrogen-bond acceptors (Lipinski definition) is 2. The molecule has 17 heavy (non-hydrogen) atoms. The topological polar surface area (TPSA) is 22.1 Å². The zero-order valence-electron chi connectivity index (χ0n) is 9.79. The Bertz CT molecular complexity index is 416. The molecule has 1 aliphatic rings. The molecular weight excluding hydrogens is 234 g/mol. The highest BCUT2D eigenvalue weighted by atomic mass is 35.5. The zero-order chi connectivity index (χ0) is 11.9. The Morgan fingerprint density at radius 2 is 2.18 bits per heavy atom. The summed E-state index contributed by atoms with van der Waals surface area (Å²) in [6.07, 6.45) is 8.72. The van der Waals surface area contributed by atoms with Crippen molar-refractivity contribution >= 4 is 11.6 Å². The molecule has 2 nitrogen and oxygen atoms in total. The summed E-state index contributed by atoms with van der Waals surface area (Å²) < 4.78 is 5.75. The van der Waals surface area contributed by atoms with Gasteiger partial charge in [0.15, 0.2) is 0 Å². The molecular formula is C14H16ClNO. The fourth-order valence-electron chi connectivity index (χ4n) is 2.09.